The summed E-state index contributed by atoms with van der Waals surface area (Å²) in [5, 5.41) is 20.1. The Labute approximate surface area is 72.2 Å². The first kappa shape index (κ1) is 8.98. The summed E-state index contributed by atoms with van der Waals surface area (Å²) in [5.41, 5.74) is 0. The number of hydrogen-bond acceptors (Lipinski definition) is 5. The number of nitrogens with zero attached hydrogens (tertiary/aromatic N) is 1. The van der Waals surface area contributed by atoms with E-state index in [4.69, 9.17) is 0 Å². The highest BCUT2D eigenvalue weighted by Crippen LogP contribution is 2.16. The lowest BCUT2D eigenvalue weighted by atomic mass is 10.4. The van der Waals surface area contributed by atoms with Crippen molar-refractivity contribution in [3.8, 4) is 0 Å². The van der Waals surface area contributed by atoms with Gasteiger partial charge in [-0.05, 0) is 18.2 Å². The Hall–Kier alpha value is -2.11. The largest absolute Gasteiger partial charge is 0.545 e. The molecule has 1 rings (SSSR count). The zero-order chi connectivity index (χ0) is 9.84. The molecule has 6 heteroatoms. The van der Waals surface area contributed by atoms with E-state index in [2.05, 4.69) is 4.42 Å². The maximum atomic E-state index is 10.1. The number of carboxylic acids is 1. The van der Waals surface area contributed by atoms with Gasteiger partial charge in [0, 0.05) is 0 Å². The number of furan rings is 1. The van der Waals surface area contributed by atoms with Crippen molar-refractivity contribution in [3.05, 3.63) is 34.1 Å². The summed E-state index contributed by atoms with van der Waals surface area (Å²) in [6, 6.07) is 2.42. The van der Waals surface area contributed by atoms with Gasteiger partial charge in [0.25, 0.3) is 0 Å². The monoisotopic (exact) mass is 182 g/mol. The van der Waals surface area contributed by atoms with Crippen LogP contribution in [-0.4, -0.2) is 10.9 Å². The maximum absolute atomic E-state index is 10.1. The van der Waals surface area contributed by atoms with Crippen LogP contribution in [0.1, 0.15) is 5.76 Å². The van der Waals surface area contributed by atoms with Crippen molar-refractivity contribution in [2.75, 3.05) is 0 Å². The minimum atomic E-state index is -1.39. The fourth-order valence-corrected chi connectivity index (χ4v) is 0.680. The molecule has 6 nitrogen and oxygen atoms in total. The number of aliphatic carboxylic acids is 1. The van der Waals surface area contributed by atoms with E-state index >= 15 is 0 Å². The van der Waals surface area contributed by atoms with Crippen molar-refractivity contribution in [1.29, 1.82) is 0 Å². The van der Waals surface area contributed by atoms with E-state index in [9.17, 15) is 20.0 Å². The number of hydrogen-bond donors (Lipinski definition) is 0. The van der Waals surface area contributed by atoms with Crippen LogP contribution in [0.4, 0.5) is 5.88 Å². The first-order valence-electron chi connectivity index (χ1n) is 3.23. The SMILES string of the molecule is O=C([O-])C=Cc1ccc([N+](=O)[O-])o1. The predicted molar refractivity (Wildman–Crippen MR) is 39.4 cm³/mol. The maximum Gasteiger partial charge on any atom is 0.433 e. The summed E-state index contributed by atoms with van der Waals surface area (Å²) in [6.07, 6.45) is 1.80. The molecular formula is C7H4NO5-. The van der Waals surface area contributed by atoms with Crippen LogP contribution in [0.5, 0.6) is 0 Å². The zero-order valence-electron chi connectivity index (χ0n) is 6.30. The van der Waals surface area contributed by atoms with E-state index in [0.29, 0.717) is 0 Å². The quantitative estimate of drug-likeness (QED) is 0.371. The van der Waals surface area contributed by atoms with Crippen molar-refractivity contribution >= 4 is 17.9 Å². The molecule has 0 amide bonds. The van der Waals surface area contributed by atoms with Crippen LogP contribution < -0.4 is 5.11 Å². The van der Waals surface area contributed by atoms with Crippen molar-refractivity contribution < 1.29 is 19.2 Å². The molecule has 0 radical (unpaired) electrons. The highest BCUT2D eigenvalue weighted by atomic mass is 16.6. The number of carboxylic acid groups (broad SMARTS) is 1. The molecule has 0 atom stereocenters. The minimum absolute atomic E-state index is 0.0934. The molecule has 68 valence electrons. The molecule has 0 saturated carbocycles. The van der Waals surface area contributed by atoms with Crippen LogP contribution in [-0.2, 0) is 4.79 Å². The van der Waals surface area contributed by atoms with Gasteiger partial charge in [0.1, 0.15) is 10.7 Å². The van der Waals surface area contributed by atoms with Crippen LogP contribution in [0, 0.1) is 10.1 Å². The molecule has 0 aromatic carbocycles. The first-order valence-corrected chi connectivity index (χ1v) is 3.23. The van der Waals surface area contributed by atoms with Gasteiger partial charge < -0.3 is 14.3 Å². The molecule has 1 heterocycles. The third-order valence-electron chi connectivity index (χ3n) is 1.18. The fourth-order valence-electron chi connectivity index (χ4n) is 0.680. The van der Waals surface area contributed by atoms with Crippen molar-refractivity contribution in [2.45, 2.75) is 0 Å². The molecule has 0 aliphatic heterocycles. The van der Waals surface area contributed by atoms with Gasteiger partial charge in [0.2, 0.25) is 0 Å². The van der Waals surface area contributed by atoms with Crippen LogP contribution in [0.25, 0.3) is 6.08 Å². The van der Waals surface area contributed by atoms with Crippen LogP contribution in [0.2, 0.25) is 0 Å². The summed E-state index contributed by atoms with van der Waals surface area (Å²) >= 11 is 0. The van der Waals surface area contributed by atoms with Gasteiger partial charge in [-0.1, -0.05) is 0 Å². The lowest BCUT2D eigenvalue weighted by molar-refractivity contribution is -0.402. The van der Waals surface area contributed by atoms with Gasteiger partial charge in [-0.15, -0.1) is 0 Å². The smallest absolute Gasteiger partial charge is 0.433 e. The van der Waals surface area contributed by atoms with E-state index < -0.39 is 16.8 Å². The van der Waals surface area contributed by atoms with Crippen molar-refractivity contribution in [3.63, 3.8) is 0 Å². The number of carbonyl (C=O) groups excluding carboxylic acids is 1. The molecule has 0 unspecified atom stereocenters. The zero-order valence-corrected chi connectivity index (χ0v) is 6.30. The summed E-state index contributed by atoms with van der Waals surface area (Å²) in [4.78, 5) is 19.3. The predicted octanol–water partition coefficient (Wildman–Crippen LogP) is -0.0491. The Kier molecular flexibility index (Phi) is 2.44. The molecular weight excluding hydrogens is 178 g/mol. The summed E-state index contributed by atoms with van der Waals surface area (Å²) in [6.45, 7) is 0. The summed E-state index contributed by atoms with van der Waals surface area (Å²) in [5.74, 6) is -1.73. The second-order valence-corrected chi connectivity index (χ2v) is 2.09. The molecule has 0 fully saturated rings. The van der Waals surface area contributed by atoms with E-state index in [-0.39, 0.29) is 5.76 Å². The molecule has 0 aliphatic carbocycles. The Morgan fingerprint density at radius 3 is 2.69 bits per heavy atom. The Morgan fingerprint density at radius 2 is 2.23 bits per heavy atom. The van der Waals surface area contributed by atoms with Gasteiger partial charge in [0.05, 0.1) is 12.0 Å². The molecule has 0 aliphatic rings. The van der Waals surface area contributed by atoms with Crippen LogP contribution >= 0.6 is 0 Å². The van der Waals surface area contributed by atoms with E-state index in [1.54, 1.807) is 0 Å². The van der Waals surface area contributed by atoms with Gasteiger partial charge in [-0.2, -0.15) is 0 Å². The molecule has 0 saturated heterocycles. The second-order valence-electron chi connectivity index (χ2n) is 2.09. The standard InChI is InChI=1S/C7H5NO5/c9-7(10)4-2-5-1-3-6(13-5)8(11)12/h1-4H,(H,9,10)/p-1. The number of rotatable bonds is 3. The third kappa shape index (κ3) is 2.44. The highest BCUT2D eigenvalue weighted by Gasteiger charge is 2.09. The van der Waals surface area contributed by atoms with E-state index in [1.165, 1.54) is 6.07 Å². The minimum Gasteiger partial charge on any atom is -0.545 e. The van der Waals surface area contributed by atoms with Gasteiger partial charge in [-0.25, -0.2) is 0 Å². The van der Waals surface area contributed by atoms with Gasteiger partial charge in [-0.3, -0.25) is 10.1 Å². The number of carbonyl (C=O) groups is 1. The lowest BCUT2D eigenvalue weighted by Gasteiger charge is -1.87. The molecule has 13 heavy (non-hydrogen) atoms. The Balaban J connectivity index is 2.80. The normalized spacial score (nSPS) is 10.5. The van der Waals surface area contributed by atoms with Crippen LogP contribution in [0.3, 0.4) is 0 Å². The van der Waals surface area contributed by atoms with Gasteiger partial charge in [0.15, 0.2) is 0 Å². The van der Waals surface area contributed by atoms with Crippen molar-refractivity contribution in [2.24, 2.45) is 0 Å². The third-order valence-corrected chi connectivity index (χ3v) is 1.18. The number of nitro groups is 1. The topological polar surface area (TPSA) is 96.4 Å². The van der Waals surface area contributed by atoms with Crippen molar-refractivity contribution in [1.82, 2.24) is 0 Å². The summed E-state index contributed by atoms with van der Waals surface area (Å²) in [7, 11) is 0. The van der Waals surface area contributed by atoms with Gasteiger partial charge >= 0.3 is 5.88 Å². The molecule has 0 N–H and O–H groups in total. The molecule has 1 aromatic heterocycles. The molecule has 1 aromatic rings. The fraction of sp³-hybridized carbons (Fsp3) is 0. The molecule has 0 bridgehead atoms. The average molecular weight is 182 g/mol. The first-order chi connectivity index (χ1) is 6.09. The lowest BCUT2D eigenvalue weighted by Crippen LogP contribution is -2.18. The Bertz CT molecular complexity index is 365. The van der Waals surface area contributed by atoms with E-state index in [0.717, 1.165) is 18.2 Å². The Morgan fingerprint density at radius 1 is 1.54 bits per heavy atom. The van der Waals surface area contributed by atoms with E-state index in [1.807, 2.05) is 0 Å². The molecule has 0 spiro atoms. The second kappa shape index (κ2) is 3.53. The van der Waals surface area contributed by atoms with Crippen LogP contribution in [0.15, 0.2) is 22.6 Å². The average Bonchev–Trinajstić information content (AvgIpc) is 2.48. The summed E-state index contributed by atoms with van der Waals surface area (Å²) < 4.78 is 4.62. The highest BCUT2D eigenvalue weighted by molar-refractivity contribution is 5.82.